The molecule has 0 saturated carbocycles. The van der Waals surface area contributed by atoms with Crippen molar-refractivity contribution in [2.24, 2.45) is 0 Å². The van der Waals surface area contributed by atoms with Crippen LogP contribution in [0.4, 0.5) is 0 Å². The minimum absolute atomic E-state index is 0.671. The zero-order chi connectivity index (χ0) is 7.68. The standard InChI is InChI=1S/C8H8N2O/c11-6-7-5-9-8-3-1-2-4-10(7)8/h1,3,5-6H,2,4H2. The molecule has 0 aromatic carbocycles. The summed E-state index contributed by atoms with van der Waals surface area (Å²) in [5.41, 5.74) is 0.671. The number of imidazole rings is 1. The van der Waals surface area contributed by atoms with Crippen molar-refractivity contribution < 1.29 is 4.79 Å². The van der Waals surface area contributed by atoms with E-state index in [1.807, 2.05) is 10.6 Å². The Labute approximate surface area is 64.4 Å². The van der Waals surface area contributed by atoms with E-state index in [2.05, 4.69) is 11.1 Å². The number of carbonyl (C=O) groups is 1. The van der Waals surface area contributed by atoms with E-state index in [4.69, 9.17) is 0 Å². The van der Waals surface area contributed by atoms with Gasteiger partial charge in [0.2, 0.25) is 0 Å². The highest BCUT2D eigenvalue weighted by atomic mass is 16.1. The maximum atomic E-state index is 10.5. The summed E-state index contributed by atoms with van der Waals surface area (Å²) in [4.78, 5) is 14.5. The Bertz CT molecular complexity index is 312. The Morgan fingerprint density at radius 3 is 3.36 bits per heavy atom. The minimum atomic E-state index is 0.671. The van der Waals surface area contributed by atoms with E-state index >= 15 is 0 Å². The first kappa shape index (κ1) is 6.34. The second kappa shape index (κ2) is 2.34. The lowest BCUT2D eigenvalue weighted by Crippen LogP contribution is -2.06. The summed E-state index contributed by atoms with van der Waals surface area (Å²) in [5.74, 6) is 0.887. The summed E-state index contributed by atoms with van der Waals surface area (Å²) in [6.07, 6.45) is 7.45. The zero-order valence-corrected chi connectivity index (χ0v) is 6.03. The third kappa shape index (κ3) is 0.888. The molecule has 0 unspecified atom stereocenters. The van der Waals surface area contributed by atoms with Crippen LogP contribution in [0.5, 0.6) is 0 Å². The molecule has 0 atom stereocenters. The molecule has 0 fully saturated rings. The highest BCUT2D eigenvalue weighted by Gasteiger charge is 2.08. The van der Waals surface area contributed by atoms with Gasteiger partial charge >= 0.3 is 0 Å². The molecule has 3 heteroatoms. The molecule has 0 amide bonds. The van der Waals surface area contributed by atoms with Gasteiger partial charge in [0.15, 0.2) is 6.29 Å². The first-order valence-electron chi connectivity index (χ1n) is 3.59. The van der Waals surface area contributed by atoms with Crippen LogP contribution in [0.2, 0.25) is 0 Å². The molecule has 0 N–H and O–H groups in total. The molecule has 2 rings (SSSR count). The number of fused-ring (bicyclic) bond motifs is 1. The fourth-order valence-corrected chi connectivity index (χ4v) is 1.27. The molecule has 56 valence electrons. The number of allylic oxidation sites excluding steroid dienone is 1. The second-order valence-electron chi connectivity index (χ2n) is 2.50. The van der Waals surface area contributed by atoms with Crippen molar-refractivity contribution >= 4 is 12.4 Å². The van der Waals surface area contributed by atoms with Crippen LogP contribution in [0.25, 0.3) is 6.08 Å². The topological polar surface area (TPSA) is 34.9 Å². The molecule has 0 bridgehead atoms. The molecule has 1 aliphatic rings. The lowest BCUT2D eigenvalue weighted by Gasteiger charge is -2.08. The largest absolute Gasteiger partial charge is 0.322 e. The molecule has 3 nitrogen and oxygen atoms in total. The summed E-state index contributed by atoms with van der Waals surface area (Å²) in [5, 5.41) is 0. The third-order valence-electron chi connectivity index (χ3n) is 1.82. The van der Waals surface area contributed by atoms with E-state index in [-0.39, 0.29) is 0 Å². The van der Waals surface area contributed by atoms with Crippen LogP contribution in [0.3, 0.4) is 0 Å². The van der Waals surface area contributed by atoms with Gasteiger partial charge in [-0.3, -0.25) is 4.79 Å². The first-order chi connectivity index (χ1) is 5.42. The van der Waals surface area contributed by atoms with Gasteiger partial charge in [-0.05, 0) is 12.5 Å². The summed E-state index contributed by atoms with van der Waals surface area (Å²) in [6, 6.07) is 0. The molecule has 1 aromatic heterocycles. The van der Waals surface area contributed by atoms with Crippen molar-refractivity contribution in [3.8, 4) is 0 Å². The van der Waals surface area contributed by atoms with Crippen LogP contribution < -0.4 is 0 Å². The number of rotatable bonds is 1. The highest BCUT2D eigenvalue weighted by Crippen LogP contribution is 2.11. The molecule has 0 spiro atoms. The molecule has 0 radical (unpaired) electrons. The maximum Gasteiger partial charge on any atom is 0.168 e. The monoisotopic (exact) mass is 148 g/mol. The van der Waals surface area contributed by atoms with Crippen LogP contribution in [-0.2, 0) is 6.54 Å². The summed E-state index contributed by atoms with van der Waals surface area (Å²) < 4.78 is 1.92. The van der Waals surface area contributed by atoms with Gasteiger partial charge in [-0.1, -0.05) is 6.08 Å². The Morgan fingerprint density at radius 2 is 2.55 bits per heavy atom. The molecule has 11 heavy (non-hydrogen) atoms. The van der Waals surface area contributed by atoms with E-state index in [1.165, 1.54) is 0 Å². The van der Waals surface area contributed by atoms with E-state index < -0.39 is 0 Å². The van der Waals surface area contributed by atoms with Gasteiger partial charge in [0.25, 0.3) is 0 Å². The number of carbonyl (C=O) groups excluding carboxylic acids is 1. The van der Waals surface area contributed by atoms with Crippen LogP contribution >= 0.6 is 0 Å². The predicted molar refractivity (Wildman–Crippen MR) is 41.3 cm³/mol. The summed E-state index contributed by atoms with van der Waals surface area (Å²) >= 11 is 0. The fourth-order valence-electron chi connectivity index (χ4n) is 1.27. The third-order valence-corrected chi connectivity index (χ3v) is 1.82. The number of aromatic nitrogens is 2. The SMILES string of the molecule is O=Cc1cnc2n1CCC=C2. The molecule has 1 aromatic rings. The van der Waals surface area contributed by atoms with E-state index in [9.17, 15) is 4.79 Å². The van der Waals surface area contributed by atoms with Crippen molar-refractivity contribution in [1.82, 2.24) is 9.55 Å². The van der Waals surface area contributed by atoms with E-state index in [1.54, 1.807) is 6.20 Å². The molecular weight excluding hydrogens is 140 g/mol. The Kier molecular flexibility index (Phi) is 1.35. The predicted octanol–water partition coefficient (Wildman–Crippen LogP) is 1.11. The number of aldehydes is 1. The van der Waals surface area contributed by atoms with Crippen molar-refractivity contribution in [1.29, 1.82) is 0 Å². The molecular formula is C8H8N2O. The zero-order valence-electron chi connectivity index (χ0n) is 6.03. The molecule has 1 aliphatic heterocycles. The van der Waals surface area contributed by atoms with Crippen molar-refractivity contribution in [2.75, 3.05) is 0 Å². The van der Waals surface area contributed by atoms with Crippen molar-refractivity contribution in [3.05, 3.63) is 23.8 Å². The van der Waals surface area contributed by atoms with Crippen LogP contribution in [0.15, 0.2) is 12.3 Å². The van der Waals surface area contributed by atoms with Crippen molar-refractivity contribution in [2.45, 2.75) is 13.0 Å². The van der Waals surface area contributed by atoms with Gasteiger partial charge in [0.05, 0.1) is 6.20 Å². The number of hydrogen-bond acceptors (Lipinski definition) is 2. The maximum absolute atomic E-state index is 10.5. The van der Waals surface area contributed by atoms with Gasteiger partial charge in [-0.25, -0.2) is 4.98 Å². The lowest BCUT2D eigenvalue weighted by molar-refractivity contribution is 0.111. The van der Waals surface area contributed by atoms with Gasteiger partial charge in [0.1, 0.15) is 11.5 Å². The summed E-state index contributed by atoms with van der Waals surface area (Å²) in [6.45, 7) is 0.875. The first-order valence-corrected chi connectivity index (χ1v) is 3.59. The normalized spacial score (nSPS) is 14.5. The second-order valence-corrected chi connectivity index (χ2v) is 2.50. The summed E-state index contributed by atoms with van der Waals surface area (Å²) in [7, 11) is 0. The quantitative estimate of drug-likeness (QED) is 0.559. The number of hydrogen-bond donors (Lipinski definition) is 0. The lowest BCUT2D eigenvalue weighted by atomic mass is 10.3. The van der Waals surface area contributed by atoms with Gasteiger partial charge in [-0.2, -0.15) is 0 Å². The van der Waals surface area contributed by atoms with Gasteiger partial charge in [-0.15, -0.1) is 0 Å². The van der Waals surface area contributed by atoms with Gasteiger partial charge < -0.3 is 4.57 Å². The van der Waals surface area contributed by atoms with Crippen molar-refractivity contribution in [3.63, 3.8) is 0 Å². The van der Waals surface area contributed by atoms with Crippen LogP contribution in [-0.4, -0.2) is 15.8 Å². The van der Waals surface area contributed by atoms with E-state index in [0.29, 0.717) is 5.69 Å². The molecule has 2 heterocycles. The fraction of sp³-hybridized carbons (Fsp3) is 0.250. The Morgan fingerprint density at radius 1 is 1.64 bits per heavy atom. The average molecular weight is 148 g/mol. The molecule has 0 aliphatic carbocycles. The highest BCUT2D eigenvalue weighted by molar-refractivity contribution is 5.72. The van der Waals surface area contributed by atoms with Crippen LogP contribution in [0, 0.1) is 0 Å². The number of nitrogens with zero attached hydrogens (tertiary/aromatic N) is 2. The van der Waals surface area contributed by atoms with Gasteiger partial charge in [0, 0.05) is 6.54 Å². The Hall–Kier alpha value is -1.38. The average Bonchev–Trinajstić information content (AvgIpc) is 2.47. The Balaban J connectivity index is 2.55. The van der Waals surface area contributed by atoms with Crippen LogP contribution in [0.1, 0.15) is 22.7 Å². The van der Waals surface area contributed by atoms with E-state index in [0.717, 1.165) is 25.1 Å². The smallest absolute Gasteiger partial charge is 0.168 e. The molecule has 0 saturated heterocycles. The minimum Gasteiger partial charge on any atom is -0.322 e.